The van der Waals surface area contributed by atoms with Crippen molar-refractivity contribution in [2.75, 3.05) is 0 Å². The summed E-state index contributed by atoms with van der Waals surface area (Å²) in [7, 11) is 0. The van der Waals surface area contributed by atoms with Crippen LogP contribution in [0.4, 0.5) is 0 Å². The topological polar surface area (TPSA) is 83.5 Å². The first kappa shape index (κ1) is 11.5. The van der Waals surface area contributed by atoms with Gasteiger partial charge in [-0.05, 0) is 6.92 Å². The van der Waals surface area contributed by atoms with Crippen LogP contribution in [0.5, 0.6) is 0 Å². The second-order valence-corrected chi connectivity index (χ2v) is 1.64. The van der Waals surface area contributed by atoms with E-state index in [0.29, 0.717) is 0 Å². The van der Waals surface area contributed by atoms with E-state index in [1.54, 1.807) is 0 Å². The molecule has 4 N–H and O–H groups in total. The Hall–Kier alpha value is -0.320. The average Bonchev–Trinajstić information content (AvgIpc) is 1.64. The van der Waals surface area contributed by atoms with Crippen molar-refractivity contribution < 1.29 is 15.0 Å². The second kappa shape index (κ2) is 4.55. The number of aliphatic hydroxyl groups is 1. The van der Waals surface area contributed by atoms with Gasteiger partial charge in [0.1, 0.15) is 0 Å². The number of carboxylic acid groups (broad SMARTS) is 1. The molecule has 2 atom stereocenters. The predicted molar refractivity (Wildman–Crippen MR) is 34.5 cm³/mol. The summed E-state index contributed by atoms with van der Waals surface area (Å²) in [5.41, 5.74) is 5.01. The molecule has 0 saturated heterocycles. The van der Waals surface area contributed by atoms with Crippen LogP contribution in [0, 0.1) is 0 Å². The molecule has 0 unspecified atom stereocenters. The molecule has 0 aromatic rings. The first-order valence-corrected chi connectivity index (χ1v) is 2.22. The van der Waals surface area contributed by atoms with Crippen molar-refractivity contribution in [1.82, 2.24) is 0 Å². The van der Waals surface area contributed by atoms with Crippen molar-refractivity contribution in [2.24, 2.45) is 5.73 Å². The number of carboxylic acids is 1. The molecule has 0 bridgehead atoms. The Balaban J connectivity index is 0. The zero-order valence-corrected chi connectivity index (χ0v) is 5.76. The molecule has 0 amide bonds. The van der Waals surface area contributed by atoms with E-state index in [1.807, 2.05) is 0 Å². The van der Waals surface area contributed by atoms with E-state index < -0.39 is 18.1 Å². The Kier molecular flexibility index (Phi) is 5.80. The third-order valence-corrected chi connectivity index (χ3v) is 0.751. The van der Waals surface area contributed by atoms with Gasteiger partial charge in [0, 0.05) is 6.04 Å². The molecule has 0 saturated carbocycles. The van der Waals surface area contributed by atoms with Gasteiger partial charge < -0.3 is 15.9 Å². The van der Waals surface area contributed by atoms with Crippen LogP contribution in [0.15, 0.2) is 0 Å². The Morgan fingerprint density at radius 2 is 2.00 bits per heavy atom. The fourth-order valence-electron chi connectivity index (χ4n) is 0.225. The molecule has 0 fully saturated rings. The van der Waals surface area contributed by atoms with Gasteiger partial charge in [-0.25, -0.2) is 4.79 Å². The van der Waals surface area contributed by atoms with Crippen LogP contribution in [0.3, 0.4) is 0 Å². The van der Waals surface area contributed by atoms with E-state index in [2.05, 4.69) is 0 Å². The highest BCUT2D eigenvalue weighted by Crippen LogP contribution is 1.86. The summed E-state index contributed by atoms with van der Waals surface area (Å²) in [6, 6.07) is -0.701. The monoisotopic (exact) mass is 155 g/mol. The summed E-state index contributed by atoms with van der Waals surface area (Å²) in [6.07, 6.45) is -1.44. The molecule has 0 radical (unpaired) electrons. The highest BCUT2D eigenvalue weighted by molar-refractivity contribution is 5.85. The summed E-state index contributed by atoms with van der Waals surface area (Å²) in [6.45, 7) is 1.43. The number of hydrogen-bond acceptors (Lipinski definition) is 3. The van der Waals surface area contributed by atoms with E-state index in [1.165, 1.54) is 6.92 Å². The van der Waals surface area contributed by atoms with Crippen LogP contribution in [0.1, 0.15) is 6.92 Å². The summed E-state index contributed by atoms with van der Waals surface area (Å²) in [4.78, 5) is 9.81. The third kappa shape index (κ3) is 4.20. The van der Waals surface area contributed by atoms with Gasteiger partial charge in [0.25, 0.3) is 0 Å². The molecule has 56 valence electrons. The number of carbonyl (C=O) groups is 1. The SMILES string of the molecule is C[C@H](N)[C@@H](O)C(=O)O.Cl. The van der Waals surface area contributed by atoms with E-state index in [4.69, 9.17) is 15.9 Å². The summed E-state index contributed by atoms with van der Waals surface area (Å²) in [5.74, 6) is -1.28. The van der Waals surface area contributed by atoms with Crippen LogP contribution in [-0.4, -0.2) is 28.3 Å². The fraction of sp³-hybridized carbons (Fsp3) is 0.750. The summed E-state index contributed by atoms with van der Waals surface area (Å²) < 4.78 is 0. The molecule has 0 rings (SSSR count). The van der Waals surface area contributed by atoms with Gasteiger partial charge in [0.15, 0.2) is 6.10 Å². The first-order chi connectivity index (χ1) is 3.55. The van der Waals surface area contributed by atoms with Crippen LogP contribution < -0.4 is 5.73 Å². The van der Waals surface area contributed by atoms with Crippen molar-refractivity contribution in [1.29, 1.82) is 0 Å². The molecule has 0 aliphatic heterocycles. The van der Waals surface area contributed by atoms with Gasteiger partial charge in [-0.15, -0.1) is 12.4 Å². The maximum atomic E-state index is 9.81. The Labute approximate surface area is 59.1 Å². The molecule has 0 aliphatic carbocycles. The molecule has 4 nitrogen and oxygen atoms in total. The number of rotatable bonds is 2. The smallest absolute Gasteiger partial charge is 0.334 e. The Bertz CT molecular complexity index is 95.8. The quantitative estimate of drug-likeness (QED) is 0.488. The first-order valence-electron chi connectivity index (χ1n) is 2.22. The largest absolute Gasteiger partial charge is 0.479 e. The highest BCUT2D eigenvalue weighted by Gasteiger charge is 2.16. The van der Waals surface area contributed by atoms with E-state index in [0.717, 1.165) is 0 Å². The Morgan fingerprint density at radius 1 is 1.67 bits per heavy atom. The normalized spacial score (nSPS) is 15.4. The van der Waals surface area contributed by atoms with Gasteiger partial charge in [0.2, 0.25) is 0 Å². The van der Waals surface area contributed by atoms with Crippen LogP contribution in [-0.2, 0) is 4.79 Å². The molecule has 5 heteroatoms. The number of aliphatic hydroxyl groups excluding tert-OH is 1. The van der Waals surface area contributed by atoms with Crippen LogP contribution in [0.25, 0.3) is 0 Å². The average molecular weight is 156 g/mol. The molecular formula is C4H10ClNO3. The van der Waals surface area contributed by atoms with E-state index >= 15 is 0 Å². The zero-order chi connectivity index (χ0) is 6.73. The lowest BCUT2D eigenvalue weighted by Gasteiger charge is -2.06. The van der Waals surface area contributed by atoms with Crippen molar-refractivity contribution in [3.8, 4) is 0 Å². The molecule has 9 heavy (non-hydrogen) atoms. The Morgan fingerprint density at radius 3 is 2.00 bits per heavy atom. The van der Waals surface area contributed by atoms with E-state index in [9.17, 15) is 4.79 Å². The van der Waals surface area contributed by atoms with E-state index in [-0.39, 0.29) is 12.4 Å². The fourth-order valence-corrected chi connectivity index (χ4v) is 0.225. The van der Waals surface area contributed by atoms with Gasteiger partial charge in [0.05, 0.1) is 0 Å². The maximum absolute atomic E-state index is 9.81. The number of hydrogen-bond donors (Lipinski definition) is 3. The second-order valence-electron chi connectivity index (χ2n) is 1.64. The van der Waals surface area contributed by atoms with Crippen LogP contribution >= 0.6 is 12.4 Å². The molecule has 0 aromatic carbocycles. The van der Waals surface area contributed by atoms with Gasteiger partial charge >= 0.3 is 5.97 Å². The molecular weight excluding hydrogens is 146 g/mol. The van der Waals surface area contributed by atoms with Gasteiger partial charge in [-0.1, -0.05) is 0 Å². The van der Waals surface area contributed by atoms with Crippen LogP contribution in [0.2, 0.25) is 0 Å². The van der Waals surface area contributed by atoms with Crippen molar-refractivity contribution >= 4 is 18.4 Å². The number of aliphatic carboxylic acids is 1. The lowest BCUT2D eigenvalue weighted by atomic mass is 10.2. The lowest BCUT2D eigenvalue weighted by molar-refractivity contribution is -0.147. The highest BCUT2D eigenvalue weighted by atomic mass is 35.5. The lowest BCUT2D eigenvalue weighted by Crippen LogP contribution is -2.37. The minimum Gasteiger partial charge on any atom is -0.479 e. The van der Waals surface area contributed by atoms with Gasteiger partial charge in [-0.2, -0.15) is 0 Å². The summed E-state index contributed by atoms with van der Waals surface area (Å²) in [5, 5.41) is 16.5. The third-order valence-electron chi connectivity index (χ3n) is 0.751. The van der Waals surface area contributed by atoms with Crippen molar-refractivity contribution in [2.45, 2.75) is 19.1 Å². The standard InChI is InChI=1S/C4H9NO3.ClH/c1-2(5)3(6)4(7)8;/h2-3,6H,5H2,1H3,(H,7,8);1H/t2-,3+;/m0./s1. The molecule has 0 spiro atoms. The predicted octanol–water partition coefficient (Wildman–Crippen LogP) is -0.799. The van der Waals surface area contributed by atoms with Gasteiger partial charge in [-0.3, -0.25) is 0 Å². The number of nitrogens with two attached hydrogens (primary N) is 1. The van der Waals surface area contributed by atoms with Crippen molar-refractivity contribution in [3.05, 3.63) is 0 Å². The maximum Gasteiger partial charge on any atom is 0.334 e. The number of halogens is 1. The zero-order valence-electron chi connectivity index (χ0n) is 4.94. The molecule has 0 heterocycles. The minimum absolute atomic E-state index is 0. The molecule has 0 aliphatic rings. The van der Waals surface area contributed by atoms with Crippen molar-refractivity contribution in [3.63, 3.8) is 0 Å². The molecule has 0 aromatic heterocycles. The minimum atomic E-state index is -1.44. The summed E-state index contributed by atoms with van der Waals surface area (Å²) >= 11 is 0.